The van der Waals surface area contributed by atoms with Crippen molar-refractivity contribution in [2.24, 2.45) is 0 Å². The van der Waals surface area contributed by atoms with Gasteiger partial charge in [-0.3, -0.25) is 4.79 Å². The van der Waals surface area contributed by atoms with E-state index in [0.717, 1.165) is 17.2 Å². The Labute approximate surface area is 195 Å². The standard InChI is InChI=1S/C25H34N2O6/c1-18-23(32-21-10-13-27(14-11-21)24(29)33-25(2,3)4)22(28)12-15-26(18)16-17-31-20-8-6-19(30-5)7-9-20/h6-9,12,15,21H,10-11,13-14,16-17H2,1-5H3. The first-order chi connectivity index (χ1) is 15.7. The number of nitrogens with zero attached hydrogens (tertiary/aromatic N) is 2. The SMILES string of the molecule is COc1ccc(OCCn2ccc(=O)c(OC3CCN(C(=O)OC(C)(C)C)CC3)c2C)cc1. The molecule has 1 aromatic heterocycles. The molecule has 1 aliphatic rings. The number of hydrogen-bond donors (Lipinski definition) is 0. The highest BCUT2D eigenvalue weighted by atomic mass is 16.6. The van der Waals surface area contributed by atoms with Crippen molar-refractivity contribution in [2.75, 3.05) is 26.8 Å². The van der Waals surface area contributed by atoms with E-state index in [0.29, 0.717) is 44.8 Å². The van der Waals surface area contributed by atoms with Crippen molar-refractivity contribution in [3.05, 3.63) is 52.4 Å². The van der Waals surface area contributed by atoms with Gasteiger partial charge in [0, 0.05) is 38.2 Å². The fourth-order valence-corrected chi connectivity index (χ4v) is 3.62. The molecule has 2 aromatic rings. The van der Waals surface area contributed by atoms with Crippen LogP contribution in [-0.2, 0) is 11.3 Å². The third-order valence-electron chi connectivity index (χ3n) is 5.43. The van der Waals surface area contributed by atoms with Crippen LogP contribution >= 0.6 is 0 Å². The average Bonchev–Trinajstić information content (AvgIpc) is 2.78. The van der Waals surface area contributed by atoms with Crippen molar-refractivity contribution < 1.29 is 23.7 Å². The summed E-state index contributed by atoms with van der Waals surface area (Å²) in [5.74, 6) is 1.89. The summed E-state index contributed by atoms with van der Waals surface area (Å²) in [4.78, 5) is 26.4. The van der Waals surface area contributed by atoms with Crippen LogP contribution in [0.2, 0.25) is 0 Å². The van der Waals surface area contributed by atoms with Crippen molar-refractivity contribution in [2.45, 2.75) is 58.8 Å². The van der Waals surface area contributed by atoms with Crippen molar-refractivity contribution in [1.82, 2.24) is 9.47 Å². The smallest absolute Gasteiger partial charge is 0.410 e. The van der Waals surface area contributed by atoms with Gasteiger partial charge in [-0.25, -0.2) is 4.79 Å². The Bertz CT molecular complexity index is 985. The maximum absolute atomic E-state index is 12.5. The second-order valence-corrected chi connectivity index (χ2v) is 9.10. The van der Waals surface area contributed by atoms with Gasteiger partial charge in [0.1, 0.15) is 29.8 Å². The third kappa shape index (κ3) is 6.91. The van der Waals surface area contributed by atoms with E-state index in [1.54, 1.807) is 18.2 Å². The van der Waals surface area contributed by atoms with Gasteiger partial charge in [0.25, 0.3) is 0 Å². The molecule has 2 heterocycles. The molecular weight excluding hydrogens is 424 g/mol. The Morgan fingerprint density at radius 1 is 1.06 bits per heavy atom. The summed E-state index contributed by atoms with van der Waals surface area (Å²) in [6, 6.07) is 8.93. The highest BCUT2D eigenvalue weighted by Gasteiger charge is 2.28. The quantitative estimate of drug-likeness (QED) is 0.624. The molecule has 33 heavy (non-hydrogen) atoms. The number of ether oxygens (including phenoxy) is 4. The first-order valence-corrected chi connectivity index (χ1v) is 11.3. The first kappa shape index (κ1) is 24.5. The number of pyridine rings is 1. The maximum Gasteiger partial charge on any atom is 0.410 e. The summed E-state index contributed by atoms with van der Waals surface area (Å²) >= 11 is 0. The summed E-state index contributed by atoms with van der Waals surface area (Å²) < 4.78 is 24.5. The average molecular weight is 459 g/mol. The fraction of sp³-hybridized carbons (Fsp3) is 0.520. The molecule has 8 heteroatoms. The van der Waals surface area contributed by atoms with Crippen LogP contribution in [0.3, 0.4) is 0 Å². The highest BCUT2D eigenvalue weighted by molar-refractivity contribution is 5.68. The van der Waals surface area contributed by atoms with Crippen molar-refractivity contribution in [3.8, 4) is 17.2 Å². The van der Waals surface area contributed by atoms with Crippen molar-refractivity contribution in [3.63, 3.8) is 0 Å². The molecule has 1 aromatic carbocycles. The molecular formula is C25H34N2O6. The largest absolute Gasteiger partial charge is 0.497 e. The monoisotopic (exact) mass is 458 g/mol. The molecule has 8 nitrogen and oxygen atoms in total. The van der Waals surface area contributed by atoms with Crippen LogP contribution < -0.4 is 19.6 Å². The Morgan fingerprint density at radius 2 is 1.70 bits per heavy atom. The predicted molar refractivity (Wildman–Crippen MR) is 125 cm³/mol. The molecule has 3 rings (SSSR count). The van der Waals surface area contributed by atoms with Gasteiger partial charge in [0.2, 0.25) is 5.43 Å². The Kier molecular flexibility index (Phi) is 7.89. The van der Waals surface area contributed by atoms with E-state index in [4.69, 9.17) is 18.9 Å². The normalized spacial score (nSPS) is 14.6. The third-order valence-corrected chi connectivity index (χ3v) is 5.43. The van der Waals surface area contributed by atoms with E-state index in [1.165, 1.54) is 6.07 Å². The van der Waals surface area contributed by atoms with Crippen molar-refractivity contribution >= 4 is 6.09 Å². The Hall–Kier alpha value is -3.16. The number of carbonyl (C=O) groups is 1. The lowest BCUT2D eigenvalue weighted by Crippen LogP contribution is -2.44. The molecule has 0 radical (unpaired) electrons. The minimum Gasteiger partial charge on any atom is -0.497 e. The van der Waals surface area contributed by atoms with E-state index < -0.39 is 5.60 Å². The van der Waals surface area contributed by atoms with Crippen LogP contribution in [-0.4, -0.2) is 54.1 Å². The number of methoxy groups -OCH3 is 1. The molecule has 0 aliphatic carbocycles. The van der Waals surface area contributed by atoms with Gasteiger partial charge >= 0.3 is 6.09 Å². The molecule has 0 bridgehead atoms. The van der Waals surface area contributed by atoms with Crippen LogP contribution in [0.25, 0.3) is 0 Å². The second-order valence-electron chi connectivity index (χ2n) is 9.10. The molecule has 0 saturated carbocycles. The first-order valence-electron chi connectivity index (χ1n) is 11.3. The minimum atomic E-state index is -0.520. The molecule has 1 amide bonds. The summed E-state index contributed by atoms with van der Waals surface area (Å²) in [5, 5.41) is 0. The zero-order valence-electron chi connectivity index (χ0n) is 20.1. The van der Waals surface area contributed by atoms with Crippen molar-refractivity contribution in [1.29, 1.82) is 0 Å². The Morgan fingerprint density at radius 3 is 2.30 bits per heavy atom. The molecule has 0 N–H and O–H groups in total. The lowest BCUT2D eigenvalue weighted by molar-refractivity contribution is 0.0124. The van der Waals surface area contributed by atoms with E-state index >= 15 is 0 Å². The number of amides is 1. The van der Waals surface area contributed by atoms with Crippen LogP contribution in [0.4, 0.5) is 4.79 Å². The van der Waals surface area contributed by atoms with Gasteiger partial charge in [0.05, 0.1) is 19.3 Å². The van der Waals surface area contributed by atoms with E-state index in [-0.39, 0.29) is 17.6 Å². The summed E-state index contributed by atoms with van der Waals surface area (Å²) in [5.41, 5.74) is 0.0955. The molecule has 0 unspecified atom stereocenters. The van der Waals surface area contributed by atoms with Crippen LogP contribution in [0, 0.1) is 6.92 Å². The number of hydrogen-bond acceptors (Lipinski definition) is 6. The maximum atomic E-state index is 12.5. The van der Waals surface area contributed by atoms with Crippen LogP contribution in [0.5, 0.6) is 17.2 Å². The van der Waals surface area contributed by atoms with E-state index in [2.05, 4.69) is 0 Å². The summed E-state index contributed by atoms with van der Waals surface area (Å²) in [6.07, 6.45) is 2.62. The van der Waals surface area contributed by atoms with Gasteiger partial charge in [-0.15, -0.1) is 0 Å². The molecule has 0 spiro atoms. The number of benzene rings is 1. The topological polar surface area (TPSA) is 79.2 Å². The fourth-order valence-electron chi connectivity index (χ4n) is 3.62. The Balaban J connectivity index is 1.55. The lowest BCUT2D eigenvalue weighted by atomic mass is 10.1. The van der Waals surface area contributed by atoms with Gasteiger partial charge in [-0.1, -0.05) is 0 Å². The zero-order valence-corrected chi connectivity index (χ0v) is 20.1. The molecule has 0 atom stereocenters. The highest BCUT2D eigenvalue weighted by Crippen LogP contribution is 2.21. The lowest BCUT2D eigenvalue weighted by Gasteiger charge is -2.33. The van der Waals surface area contributed by atoms with Gasteiger partial charge in [-0.05, 0) is 52.0 Å². The molecule has 1 fully saturated rings. The van der Waals surface area contributed by atoms with Gasteiger partial charge < -0.3 is 28.4 Å². The number of rotatable bonds is 7. The van der Waals surface area contributed by atoms with Gasteiger partial charge in [-0.2, -0.15) is 0 Å². The summed E-state index contributed by atoms with van der Waals surface area (Å²) in [6.45, 7) is 9.53. The number of likely N-dealkylation sites (tertiary alicyclic amines) is 1. The number of carbonyl (C=O) groups excluding carboxylic acids is 1. The molecule has 1 saturated heterocycles. The molecule has 180 valence electrons. The number of aromatic nitrogens is 1. The second kappa shape index (κ2) is 10.6. The van der Waals surface area contributed by atoms with Crippen LogP contribution in [0.15, 0.2) is 41.3 Å². The molecule has 1 aliphatic heterocycles. The predicted octanol–water partition coefficient (Wildman–Crippen LogP) is 4.02. The number of piperidine rings is 1. The summed E-state index contributed by atoms with van der Waals surface area (Å²) in [7, 11) is 1.62. The van der Waals surface area contributed by atoms with Crippen LogP contribution in [0.1, 0.15) is 39.3 Å². The zero-order chi connectivity index (χ0) is 24.0. The van der Waals surface area contributed by atoms with Gasteiger partial charge in [0.15, 0.2) is 5.75 Å². The van der Waals surface area contributed by atoms with E-state index in [1.807, 2.05) is 56.5 Å². The van der Waals surface area contributed by atoms with E-state index in [9.17, 15) is 9.59 Å². The minimum absolute atomic E-state index is 0.124.